The third-order valence-corrected chi connectivity index (χ3v) is 3.37. The lowest BCUT2D eigenvalue weighted by atomic mass is 9.99. The Morgan fingerprint density at radius 1 is 0.857 bits per heavy atom. The standard InChI is InChI=1S/C16H15F2NO2/c17-12-6-11(7-13(18)9-12)16(19)10-2-3-14-15(8-10)21-5-1-4-20-14/h2-3,6-9,16H,1,4-5,19H2. The molecule has 0 radical (unpaired) electrons. The van der Waals surface area contributed by atoms with Gasteiger partial charge in [-0.25, -0.2) is 8.78 Å². The number of hydrogen-bond acceptors (Lipinski definition) is 3. The second-order valence-electron chi connectivity index (χ2n) is 4.94. The maximum atomic E-state index is 13.3. The predicted octanol–water partition coefficient (Wildman–Crippen LogP) is 3.17. The maximum Gasteiger partial charge on any atom is 0.161 e. The number of halogens is 2. The molecule has 2 aromatic carbocycles. The SMILES string of the molecule is NC(c1cc(F)cc(F)c1)c1ccc2c(c1)OCCCO2. The van der Waals surface area contributed by atoms with Crippen LogP contribution in [0.25, 0.3) is 0 Å². The zero-order valence-corrected chi connectivity index (χ0v) is 11.3. The molecule has 1 heterocycles. The molecule has 3 rings (SSSR count). The molecule has 0 aromatic heterocycles. The monoisotopic (exact) mass is 291 g/mol. The fourth-order valence-electron chi connectivity index (χ4n) is 2.32. The lowest BCUT2D eigenvalue weighted by molar-refractivity contribution is 0.297. The number of rotatable bonds is 2. The molecule has 0 aliphatic carbocycles. The minimum absolute atomic E-state index is 0.377. The summed E-state index contributed by atoms with van der Waals surface area (Å²) in [5, 5.41) is 0. The lowest BCUT2D eigenvalue weighted by Gasteiger charge is -2.15. The normalized spacial score (nSPS) is 15.4. The third-order valence-electron chi connectivity index (χ3n) is 3.37. The summed E-state index contributed by atoms with van der Waals surface area (Å²) in [7, 11) is 0. The summed E-state index contributed by atoms with van der Waals surface area (Å²) in [4.78, 5) is 0. The number of fused-ring (bicyclic) bond motifs is 1. The highest BCUT2D eigenvalue weighted by atomic mass is 19.1. The van der Waals surface area contributed by atoms with Crippen molar-refractivity contribution >= 4 is 0 Å². The fraction of sp³-hybridized carbons (Fsp3) is 0.250. The molecule has 0 saturated carbocycles. The fourth-order valence-corrected chi connectivity index (χ4v) is 2.32. The van der Waals surface area contributed by atoms with Crippen LogP contribution in [0.15, 0.2) is 36.4 Å². The Morgan fingerprint density at radius 3 is 2.24 bits per heavy atom. The van der Waals surface area contributed by atoms with Crippen molar-refractivity contribution in [2.24, 2.45) is 5.73 Å². The van der Waals surface area contributed by atoms with Gasteiger partial charge in [0.05, 0.1) is 19.3 Å². The van der Waals surface area contributed by atoms with Crippen molar-refractivity contribution in [2.75, 3.05) is 13.2 Å². The Balaban J connectivity index is 1.94. The van der Waals surface area contributed by atoms with Gasteiger partial charge in [-0.3, -0.25) is 0 Å². The van der Waals surface area contributed by atoms with Crippen LogP contribution in [0.5, 0.6) is 11.5 Å². The third kappa shape index (κ3) is 2.97. The molecule has 2 aromatic rings. The van der Waals surface area contributed by atoms with E-state index >= 15 is 0 Å². The summed E-state index contributed by atoms with van der Waals surface area (Å²) in [6.07, 6.45) is 0.811. The topological polar surface area (TPSA) is 44.5 Å². The predicted molar refractivity (Wildman–Crippen MR) is 74.4 cm³/mol. The minimum atomic E-state index is -0.644. The number of benzene rings is 2. The molecular weight excluding hydrogens is 276 g/mol. The van der Waals surface area contributed by atoms with Crippen molar-refractivity contribution in [3.05, 3.63) is 59.2 Å². The highest BCUT2D eigenvalue weighted by Crippen LogP contribution is 2.33. The molecule has 0 amide bonds. The molecule has 0 saturated heterocycles. The minimum Gasteiger partial charge on any atom is -0.490 e. The lowest BCUT2D eigenvalue weighted by Crippen LogP contribution is -2.12. The summed E-state index contributed by atoms with van der Waals surface area (Å²) in [5.41, 5.74) is 7.19. The molecule has 2 N–H and O–H groups in total. The largest absolute Gasteiger partial charge is 0.490 e. The van der Waals surface area contributed by atoms with Crippen LogP contribution in [0.3, 0.4) is 0 Å². The van der Waals surface area contributed by atoms with Gasteiger partial charge in [0, 0.05) is 12.5 Å². The van der Waals surface area contributed by atoms with Crippen LogP contribution >= 0.6 is 0 Å². The molecule has 5 heteroatoms. The smallest absolute Gasteiger partial charge is 0.161 e. The zero-order valence-electron chi connectivity index (χ0n) is 11.3. The Hall–Kier alpha value is -2.14. The van der Waals surface area contributed by atoms with E-state index in [1.807, 2.05) is 0 Å². The first-order valence-electron chi connectivity index (χ1n) is 6.74. The first-order valence-corrected chi connectivity index (χ1v) is 6.74. The van der Waals surface area contributed by atoms with Crippen LogP contribution < -0.4 is 15.2 Å². The highest BCUT2D eigenvalue weighted by molar-refractivity contribution is 5.46. The van der Waals surface area contributed by atoms with Crippen LogP contribution in [0.1, 0.15) is 23.6 Å². The van der Waals surface area contributed by atoms with Gasteiger partial charge in [-0.15, -0.1) is 0 Å². The van der Waals surface area contributed by atoms with E-state index < -0.39 is 17.7 Å². The van der Waals surface area contributed by atoms with Crippen molar-refractivity contribution in [1.29, 1.82) is 0 Å². The van der Waals surface area contributed by atoms with Crippen LogP contribution in [0.2, 0.25) is 0 Å². The summed E-state index contributed by atoms with van der Waals surface area (Å²) < 4.78 is 37.7. The molecule has 0 fully saturated rings. The Bertz CT molecular complexity index is 640. The van der Waals surface area contributed by atoms with Gasteiger partial charge in [0.25, 0.3) is 0 Å². The molecule has 3 nitrogen and oxygen atoms in total. The van der Waals surface area contributed by atoms with Crippen molar-refractivity contribution in [2.45, 2.75) is 12.5 Å². The van der Waals surface area contributed by atoms with Crippen molar-refractivity contribution < 1.29 is 18.3 Å². The molecule has 0 bridgehead atoms. The molecular formula is C16H15F2NO2. The highest BCUT2D eigenvalue weighted by Gasteiger charge is 2.16. The second-order valence-corrected chi connectivity index (χ2v) is 4.94. The Kier molecular flexibility index (Phi) is 3.75. The molecule has 1 unspecified atom stereocenters. The number of nitrogens with two attached hydrogens (primary N) is 1. The zero-order chi connectivity index (χ0) is 14.8. The summed E-state index contributed by atoms with van der Waals surface area (Å²) in [6, 6.07) is 7.96. The molecule has 1 aliphatic rings. The van der Waals surface area contributed by atoms with E-state index in [1.54, 1.807) is 18.2 Å². The van der Waals surface area contributed by atoms with Crippen molar-refractivity contribution in [3.63, 3.8) is 0 Å². The quantitative estimate of drug-likeness (QED) is 0.924. The van der Waals surface area contributed by atoms with E-state index in [1.165, 1.54) is 12.1 Å². The van der Waals surface area contributed by atoms with Gasteiger partial charge in [0.1, 0.15) is 11.6 Å². The first kappa shape index (κ1) is 13.8. The van der Waals surface area contributed by atoms with Gasteiger partial charge >= 0.3 is 0 Å². The average Bonchev–Trinajstić information content (AvgIpc) is 2.69. The Labute approximate surface area is 121 Å². The van der Waals surface area contributed by atoms with Gasteiger partial charge in [-0.1, -0.05) is 6.07 Å². The van der Waals surface area contributed by atoms with Gasteiger partial charge in [-0.05, 0) is 35.4 Å². The van der Waals surface area contributed by atoms with E-state index in [4.69, 9.17) is 15.2 Å². The molecule has 1 atom stereocenters. The van der Waals surface area contributed by atoms with Crippen LogP contribution in [0.4, 0.5) is 8.78 Å². The van der Waals surface area contributed by atoms with Crippen LogP contribution in [-0.2, 0) is 0 Å². The summed E-state index contributed by atoms with van der Waals surface area (Å²) in [5.74, 6) is -0.0178. The maximum absolute atomic E-state index is 13.3. The molecule has 110 valence electrons. The molecule has 21 heavy (non-hydrogen) atoms. The van der Waals surface area contributed by atoms with E-state index in [0.29, 0.717) is 35.8 Å². The Morgan fingerprint density at radius 2 is 1.52 bits per heavy atom. The van der Waals surface area contributed by atoms with Crippen LogP contribution in [0, 0.1) is 11.6 Å². The van der Waals surface area contributed by atoms with Gasteiger partial charge < -0.3 is 15.2 Å². The van der Waals surface area contributed by atoms with Crippen molar-refractivity contribution in [1.82, 2.24) is 0 Å². The second kappa shape index (κ2) is 5.69. The van der Waals surface area contributed by atoms with E-state index in [0.717, 1.165) is 12.5 Å². The molecule has 0 spiro atoms. The average molecular weight is 291 g/mol. The summed E-state index contributed by atoms with van der Waals surface area (Å²) in [6.45, 7) is 1.17. The van der Waals surface area contributed by atoms with Crippen LogP contribution in [-0.4, -0.2) is 13.2 Å². The van der Waals surface area contributed by atoms with Crippen molar-refractivity contribution in [3.8, 4) is 11.5 Å². The van der Waals surface area contributed by atoms with E-state index in [2.05, 4.69) is 0 Å². The molecule has 1 aliphatic heterocycles. The summed E-state index contributed by atoms with van der Waals surface area (Å²) >= 11 is 0. The van der Waals surface area contributed by atoms with E-state index in [-0.39, 0.29) is 0 Å². The first-order chi connectivity index (χ1) is 10.1. The number of ether oxygens (including phenoxy) is 2. The van der Waals surface area contributed by atoms with Gasteiger partial charge in [0.2, 0.25) is 0 Å². The van der Waals surface area contributed by atoms with E-state index in [9.17, 15) is 8.78 Å². The van der Waals surface area contributed by atoms with Gasteiger partial charge in [0.15, 0.2) is 11.5 Å². The van der Waals surface area contributed by atoms with Gasteiger partial charge in [-0.2, -0.15) is 0 Å². The number of hydrogen-bond donors (Lipinski definition) is 1.